The third-order valence-corrected chi connectivity index (χ3v) is 6.58. The van der Waals surface area contributed by atoms with Gasteiger partial charge in [-0.15, -0.1) is 0 Å². The van der Waals surface area contributed by atoms with Gasteiger partial charge in [0.15, 0.2) is 0 Å². The minimum atomic E-state index is -3.27. The van der Waals surface area contributed by atoms with Gasteiger partial charge in [-0.3, -0.25) is 0 Å². The number of nitriles is 1. The average molecular weight is 282 g/mol. The second-order valence-electron chi connectivity index (χ2n) is 6.67. The molecule has 0 unspecified atom stereocenters. The Labute approximate surface area is 115 Å². The van der Waals surface area contributed by atoms with E-state index in [9.17, 15) is 8.42 Å². The molecule has 0 bridgehead atoms. The number of nitrogens with zero attached hydrogens (tertiary/aromatic N) is 1. The first-order valence-electron chi connectivity index (χ1n) is 7.45. The van der Waals surface area contributed by atoms with Gasteiger partial charge in [-0.2, -0.15) is 5.26 Å². The lowest BCUT2D eigenvalue weighted by atomic mass is 9.86. The SMILES string of the molecule is N#CC1(CS(=O)(=O)N[C@H]2C[C@H]2C2CCCCC2)CC1. The molecule has 4 nitrogen and oxygen atoms in total. The van der Waals surface area contributed by atoms with E-state index in [0.717, 1.165) is 25.2 Å². The highest BCUT2D eigenvalue weighted by molar-refractivity contribution is 7.89. The maximum Gasteiger partial charge on any atom is 0.213 e. The molecule has 0 aromatic rings. The van der Waals surface area contributed by atoms with Gasteiger partial charge in [-0.05, 0) is 31.1 Å². The minimum absolute atomic E-state index is 0.00435. The Morgan fingerprint density at radius 1 is 1.21 bits per heavy atom. The molecule has 3 aliphatic rings. The van der Waals surface area contributed by atoms with Crippen molar-refractivity contribution in [3.8, 4) is 6.07 Å². The van der Waals surface area contributed by atoms with Gasteiger partial charge in [0.05, 0.1) is 17.2 Å². The van der Waals surface area contributed by atoms with Crippen molar-refractivity contribution in [2.75, 3.05) is 5.75 Å². The molecule has 0 heterocycles. The fraction of sp³-hybridized carbons (Fsp3) is 0.929. The maximum absolute atomic E-state index is 12.1. The molecular formula is C14H22N2O2S. The first-order valence-corrected chi connectivity index (χ1v) is 9.10. The molecule has 0 radical (unpaired) electrons. The van der Waals surface area contributed by atoms with Gasteiger partial charge in [-0.1, -0.05) is 32.1 Å². The van der Waals surface area contributed by atoms with Crippen molar-refractivity contribution in [1.82, 2.24) is 4.72 Å². The Balaban J connectivity index is 1.51. The molecule has 106 valence electrons. The zero-order valence-corrected chi connectivity index (χ0v) is 12.1. The van der Waals surface area contributed by atoms with Crippen LogP contribution in [0.4, 0.5) is 0 Å². The molecule has 3 rings (SSSR count). The van der Waals surface area contributed by atoms with E-state index in [4.69, 9.17) is 5.26 Å². The largest absolute Gasteiger partial charge is 0.213 e. The van der Waals surface area contributed by atoms with E-state index in [1.807, 2.05) is 0 Å². The molecule has 0 aromatic heterocycles. The average Bonchev–Trinajstić information content (AvgIpc) is 3.28. The molecule has 0 spiro atoms. The van der Waals surface area contributed by atoms with Crippen LogP contribution in [0, 0.1) is 28.6 Å². The van der Waals surface area contributed by atoms with Crippen molar-refractivity contribution in [3.63, 3.8) is 0 Å². The highest BCUT2D eigenvalue weighted by Crippen LogP contribution is 2.47. The summed E-state index contributed by atoms with van der Waals surface area (Å²) in [5.74, 6) is 1.30. The zero-order valence-electron chi connectivity index (χ0n) is 11.3. The number of nitrogens with one attached hydrogen (secondary N) is 1. The van der Waals surface area contributed by atoms with E-state index < -0.39 is 15.4 Å². The smallest absolute Gasteiger partial charge is 0.212 e. The standard InChI is InChI=1S/C14H22N2O2S/c15-9-14(6-7-14)10-19(17,18)16-13-8-12(13)11-4-2-1-3-5-11/h11-13,16H,1-8,10H2/t12-,13-/m0/s1. The number of hydrogen-bond acceptors (Lipinski definition) is 3. The number of hydrogen-bond donors (Lipinski definition) is 1. The van der Waals surface area contributed by atoms with E-state index in [0.29, 0.717) is 5.92 Å². The second-order valence-corrected chi connectivity index (χ2v) is 8.43. The van der Waals surface area contributed by atoms with Crippen LogP contribution >= 0.6 is 0 Å². The fourth-order valence-electron chi connectivity index (χ4n) is 3.51. The predicted molar refractivity (Wildman–Crippen MR) is 72.7 cm³/mol. The third kappa shape index (κ3) is 3.11. The molecule has 1 N–H and O–H groups in total. The minimum Gasteiger partial charge on any atom is -0.212 e. The van der Waals surface area contributed by atoms with Crippen LogP contribution in [0.15, 0.2) is 0 Å². The van der Waals surface area contributed by atoms with E-state index in [1.165, 1.54) is 32.1 Å². The fourth-order valence-corrected chi connectivity index (χ4v) is 5.41. The molecule has 0 aromatic carbocycles. The van der Waals surface area contributed by atoms with Crippen LogP contribution in [0.1, 0.15) is 51.4 Å². The van der Waals surface area contributed by atoms with Gasteiger partial charge in [0, 0.05) is 6.04 Å². The summed E-state index contributed by atoms with van der Waals surface area (Å²) in [6.45, 7) is 0. The predicted octanol–water partition coefficient (Wildman–Crippen LogP) is 2.18. The summed E-state index contributed by atoms with van der Waals surface area (Å²) in [7, 11) is -3.27. The highest BCUT2D eigenvalue weighted by Gasteiger charge is 2.50. The van der Waals surface area contributed by atoms with Gasteiger partial charge in [-0.25, -0.2) is 13.1 Å². The molecule has 3 aliphatic carbocycles. The topological polar surface area (TPSA) is 70.0 Å². The normalized spacial score (nSPS) is 33.6. The van der Waals surface area contributed by atoms with Crippen molar-refractivity contribution in [3.05, 3.63) is 0 Å². The van der Waals surface area contributed by atoms with Crippen molar-refractivity contribution < 1.29 is 8.42 Å². The van der Waals surface area contributed by atoms with E-state index >= 15 is 0 Å². The zero-order chi connectivity index (χ0) is 13.5. The Morgan fingerprint density at radius 3 is 2.47 bits per heavy atom. The van der Waals surface area contributed by atoms with Crippen molar-refractivity contribution in [1.29, 1.82) is 5.26 Å². The lowest BCUT2D eigenvalue weighted by molar-refractivity contribution is 0.316. The Morgan fingerprint density at radius 2 is 1.89 bits per heavy atom. The van der Waals surface area contributed by atoms with Crippen molar-refractivity contribution >= 4 is 10.0 Å². The van der Waals surface area contributed by atoms with Crippen LogP contribution in [0.2, 0.25) is 0 Å². The quantitative estimate of drug-likeness (QED) is 0.840. The van der Waals surface area contributed by atoms with Gasteiger partial charge in [0.1, 0.15) is 0 Å². The molecule has 3 saturated carbocycles. The third-order valence-electron chi connectivity index (χ3n) is 4.98. The van der Waals surface area contributed by atoms with Gasteiger partial charge < -0.3 is 0 Å². The summed E-state index contributed by atoms with van der Waals surface area (Å²) >= 11 is 0. The summed E-state index contributed by atoms with van der Waals surface area (Å²) in [5.41, 5.74) is -0.568. The van der Waals surface area contributed by atoms with E-state index in [2.05, 4.69) is 10.8 Å². The lowest BCUT2D eigenvalue weighted by Gasteiger charge is -2.21. The van der Waals surface area contributed by atoms with Crippen LogP contribution in [0.3, 0.4) is 0 Å². The molecule has 5 heteroatoms. The van der Waals surface area contributed by atoms with Crippen LogP contribution in [-0.4, -0.2) is 20.2 Å². The molecule has 2 atom stereocenters. The summed E-state index contributed by atoms with van der Waals surface area (Å²) in [4.78, 5) is 0. The van der Waals surface area contributed by atoms with Crippen molar-refractivity contribution in [2.24, 2.45) is 17.3 Å². The number of sulfonamides is 1. The maximum atomic E-state index is 12.1. The van der Waals surface area contributed by atoms with Crippen LogP contribution in [-0.2, 0) is 10.0 Å². The highest BCUT2D eigenvalue weighted by atomic mass is 32.2. The molecule has 3 fully saturated rings. The summed E-state index contributed by atoms with van der Waals surface area (Å²) in [6.07, 6.45) is 8.96. The molecular weight excluding hydrogens is 260 g/mol. The molecule has 0 amide bonds. The van der Waals surface area contributed by atoms with Gasteiger partial charge in [0.2, 0.25) is 10.0 Å². The summed E-state index contributed by atoms with van der Waals surface area (Å²) in [5, 5.41) is 8.98. The van der Waals surface area contributed by atoms with E-state index in [-0.39, 0.29) is 11.8 Å². The molecule has 0 aliphatic heterocycles. The Kier molecular flexibility index (Phi) is 3.34. The molecule has 19 heavy (non-hydrogen) atoms. The summed E-state index contributed by atoms with van der Waals surface area (Å²) < 4.78 is 27.0. The monoisotopic (exact) mass is 282 g/mol. The first-order chi connectivity index (χ1) is 9.04. The molecule has 0 saturated heterocycles. The lowest BCUT2D eigenvalue weighted by Crippen LogP contribution is -2.33. The van der Waals surface area contributed by atoms with E-state index in [1.54, 1.807) is 0 Å². The Hall–Kier alpha value is -0.600. The summed E-state index contributed by atoms with van der Waals surface area (Å²) in [6, 6.07) is 2.31. The van der Waals surface area contributed by atoms with Crippen LogP contribution < -0.4 is 4.72 Å². The van der Waals surface area contributed by atoms with Gasteiger partial charge in [0.25, 0.3) is 0 Å². The second kappa shape index (κ2) is 4.75. The first kappa shape index (κ1) is 13.4. The van der Waals surface area contributed by atoms with Crippen LogP contribution in [0.5, 0.6) is 0 Å². The number of rotatable bonds is 5. The Bertz CT molecular complexity index is 484. The van der Waals surface area contributed by atoms with Crippen molar-refractivity contribution in [2.45, 2.75) is 57.4 Å². The van der Waals surface area contributed by atoms with Gasteiger partial charge >= 0.3 is 0 Å². The van der Waals surface area contributed by atoms with Crippen LogP contribution in [0.25, 0.3) is 0 Å².